The zero-order valence-corrected chi connectivity index (χ0v) is 10.8. The largest absolute Gasteiger partial charge is 0.389 e. The van der Waals surface area contributed by atoms with Crippen LogP contribution < -0.4 is 0 Å². The highest BCUT2D eigenvalue weighted by Crippen LogP contribution is 2.17. The molecule has 1 heterocycles. The molecule has 1 aliphatic heterocycles. The van der Waals surface area contributed by atoms with Crippen molar-refractivity contribution in [1.82, 2.24) is 9.80 Å². The topological polar surface area (TPSA) is 26.7 Å². The van der Waals surface area contributed by atoms with Crippen LogP contribution in [0.4, 0.5) is 0 Å². The van der Waals surface area contributed by atoms with E-state index >= 15 is 0 Å². The third-order valence-electron chi connectivity index (χ3n) is 3.76. The van der Waals surface area contributed by atoms with E-state index in [0.29, 0.717) is 12.1 Å². The van der Waals surface area contributed by atoms with Crippen molar-refractivity contribution in [1.29, 1.82) is 0 Å². The molecule has 0 aromatic rings. The van der Waals surface area contributed by atoms with Gasteiger partial charge in [-0.1, -0.05) is 6.92 Å². The molecule has 1 aliphatic rings. The lowest BCUT2D eigenvalue weighted by molar-refractivity contribution is -0.0188. The molecule has 3 heteroatoms. The molecule has 1 N–H and O–H groups in total. The average Bonchev–Trinajstić information content (AvgIpc) is 2.13. The van der Waals surface area contributed by atoms with E-state index in [9.17, 15) is 5.11 Å². The van der Waals surface area contributed by atoms with Gasteiger partial charge in [0.05, 0.1) is 5.60 Å². The first-order chi connectivity index (χ1) is 6.85. The van der Waals surface area contributed by atoms with Crippen LogP contribution in [-0.4, -0.2) is 59.3 Å². The number of β-amino-alcohol motifs (C(OH)–C–C–N with tert-alkyl or cyclic N) is 1. The molecule has 3 nitrogen and oxygen atoms in total. The molecule has 1 fully saturated rings. The first-order valence-corrected chi connectivity index (χ1v) is 6.02. The summed E-state index contributed by atoms with van der Waals surface area (Å²) in [5.41, 5.74) is -0.532. The molecule has 0 aromatic heterocycles. The van der Waals surface area contributed by atoms with Crippen LogP contribution in [0.2, 0.25) is 0 Å². The van der Waals surface area contributed by atoms with E-state index in [1.54, 1.807) is 0 Å². The van der Waals surface area contributed by atoms with Gasteiger partial charge in [-0.25, -0.2) is 0 Å². The van der Waals surface area contributed by atoms with Crippen molar-refractivity contribution in [3.05, 3.63) is 0 Å². The molecule has 0 saturated carbocycles. The normalized spacial score (nSPS) is 34.0. The van der Waals surface area contributed by atoms with Crippen LogP contribution in [0.5, 0.6) is 0 Å². The summed E-state index contributed by atoms with van der Waals surface area (Å²) in [6, 6.07) is 1.17. The number of aliphatic hydroxyl groups is 1. The second kappa shape index (κ2) is 4.81. The number of hydrogen-bond acceptors (Lipinski definition) is 3. The van der Waals surface area contributed by atoms with Crippen molar-refractivity contribution in [2.45, 2.75) is 51.8 Å². The highest BCUT2D eigenvalue weighted by Gasteiger charge is 2.30. The molecule has 90 valence electrons. The fraction of sp³-hybridized carbons (Fsp3) is 1.00. The summed E-state index contributed by atoms with van der Waals surface area (Å²) in [5, 5.41) is 10.1. The van der Waals surface area contributed by atoms with Crippen molar-refractivity contribution >= 4 is 0 Å². The smallest absolute Gasteiger partial charge is 0.0743 e. The quantitative estimate of drug-likeness (QED) is 0.764. The lowest BCUT2D eigenvalue weighted by atomic mass is 10.0. The Hall–Kier alpha value is -0.120. The second-order valence-corrected chi connectivity index (χ2v) is 5.41. The Morgan fingerprint density at radius 3 is 2.13 bits per heavy atom. The van der Waals surface area contributed by atoms with Crippen LogP contribution in [0.3, 0.4) is 0 Å². The molecule has 0 aliphatic carbocycles. The number of piperazine rings is 1. The number of hydrogen-bond donors (Lipinski definition) is 1. The van der Waals surface area contributed by atoms with Gasteiger partial charge in [-0.2, -0.15) is 0 Å². The molecule has 1 rings (SSSR count). The molecule has 0 radical (unpaired) electrons. The predicted octanol–water partition coefficient (Wildman–Crippen LogP) is 1.17. The van der Waals surface area contributed by atoms with Gasteiger partial charge in [-0.15, -0.1) is 0 Å². The maximum Gasteiger partial charge on any atom is 0.0743 e. The van der Waals surface area contributed by atoms with E-state index in [1.165, 1.54) is 0 Å². The Morgan fingerprint density at radius 1 is 1.27 bits per heavy atom. The van der Waals surface area contributed by atoms with Crippen molar-refractivity contribution in [3.63, 3.8) is 0 Å². The zero-order chi connectivity index (χ0) is 11.6. The standard InChI is InChI=1S/C12H26N2O/c1-6-12(4,15)9-14-7-10(2)13(5)11(3)8-14/h10-11,15H,6-9H2,1-5H3. The Kier molecular flexibility index (Phi) is 4.15. The Balaban J connectivity index is 2.51. The third-order valence-corrected chi connectivity index (χ3v) is 3.76. The summed E-state index contributed by atoms with van der Waals surface area (Å²) < 4.78 is 0. The molecule has 3 atom stereocenters. The molecule has 0 amide bonds. The molecular formula is C12H26N2O. The summed E-state index contributed by atoms with van der Waals surface area (Å²) in [6.45, 7) is 11.4. The van der Waals surface area contributed by atoms with Crippen molar-refractivity contribution in [3.8, 4) is 0 Å². The van der Waals surface area contributed by atoms with Gasteiger partial charge in [0.25, 0.3) is 0 Å². The summed E-state index contributed by atoms with van der Waals surface area (Å²) in [7, 11) is 2.19. The highest BCUT2D eigenvalue weighted by molar-refractivity contribution is 4.86. The van der Waals surface area contributed by atoms with Crippen LogP contribution in [0, 0.1) is 0 Å². The third kappa shape index (κ3) is 3.44. The van der Waals surface area contributed by atoms with E-state index in [-0.39, 0.29) is 0 Å². The van der Waals surface area contributed by atoms with E-state index < -0.39 is 5.60 Å². The number of likely N-dealkylation sites (N-methyl/N-ethyl adjacent to an activating group) is 1. The first kappa shape index (κ1) is 12.9. The number of nitrogens with zero attached hydrogens (tertiary/aromatic N) is 2. The SMILES string of the molecule is CCC(C)(O)CN1CC(C)N(C)C(C)C1. The van der Waals surface area contributed by atoms with Crippen LogP contribution in [0.15, 0.2) is 0 Å². The summed E-state index contributed by atoms with van der Waals surface area (Å²) in [4.78, 5) is 4.80. The van der Waals surface area contributed by atoms with Crippen LogP contribution in [0.25, 0.3) is 0 Å². The van der Waals surface area contributed by atoms with Gasteiger partial charge in [-0.3, -0.25) is 9.80 Å². The molecule has 0 bridgehead atoms. The maximum atomic E-state index is 10.1. The molecule has 1 saturated heterocycles. The van der Waals surface area contributed by atoms with E-state index in [4.69, 9.17) is 0 Å². The highest BCUT2D eigenvalue weighted by atomic mass is 16.3. The van der Waals surface area contributed by atoms with Crippen molar-refractivity contribution in [2.24, 2.45) is 0 Å². The minimum absolute atomic E-state index is 0.532. The van der Waals surface area contributed by atoms with Crippen LogP contribution in [0.1, 0.15) is 34.1 Å². The fourth-order valence-corrected chi connectivity index (χ4v) is 2.24. The monoisotopic (exact) mass is 214 g/mol. The minimum atomic E-state index is -0.532. The minimum Gasteiger partial charge on any atom is -0.389 e. The molecular weight excluding hydrogens is 188 g/mol. The first-order valence-electron chi connectivity index (χ1n) is 6.02. The Bertz CT molecular complexity index is 194. The summed E-state index contributed by atoms with van der Waals surface area (Å²) in [5.74, 6) is 0. The van der Waals surface area contributed by atoms with E-state index in [0.717, 1.165) is 26.1 Å². The molecule has 0 aromatic carbocycles. The van der Waals surface area contributed by atoms with Gasteiger partial charge < -0.3 is 5.11 Å². The van der Waals surface area contributed by atoms with Gasteiger partial charge in [0.2, 0.25) is 0 Å². The van der Waals surface area contributed by atoms with Crippen LogP contribution in [-0.2, 0) is 0 Å². The molecule has 15 heavy (non-hydrogen) atoms. The van der Waals surface area contributed by atoms with Gasteiger partial charge in [0, 0.05) is 31.7 Å². The van der Waals surface area contributed by atoms with Gasteiger partial charge in [0.15, 0.2) is 0 Å². The van der Waals surface area contributed by atoms with Crippen LogP contribution >= 0.6 is 0 Å². The van der Waals surface area contributed by atoms with Gasteiger partial charge in [-0.05, 0) is 34.2 Å². The fourth-order valence-electron chi connectivity index (χ4n) is 2.24. The zero-order valence-electron chi connectivity index (χ0n) is 10.8. The van der Waals surface area contributed by atoms with E-state index in [1.807, 2.05) is 13.8 Å². The summed E-state index contributed by atoms with van der Waals surface area (Å²) >= 11 is 0. The van der Waals surface area contributed by atoms with Gasteiger partial charge >= 0.3 is 0 Å². The summed E-state index contributed by atoms with van der Waals surface area (Å²) in [6.07, 6.45) is 0.822. The van der Waals surface area contributed by atoms with Crippen molar-refractivity contribution in [2.75, 3.05) is 26.7 Å². The average molecular weight is 214 g/mol. The molecule has 3 unspecified atom stereocenters. The second-order valence-electron chi connectivity index (χ2n) is 5.41. The lowest BCUT2D eigenvalue weighted by Crippen LogP contribution is -2.57. The maximum absolute atomic E-state index is 10.1. The van der Waals surface area contributed by atoms with Crippen molar-refractivity contribution < 1.29 is 5.11 Å². The number of rotatable bonds is 3. The Morgan fingerprint density at radius 2 is 1.73 bits per heavy atom. The lowest BCUT2D eigenvalue weighted by Gasteiger charge is -2.44. The molecule has 0 spiro atoms. The van der Waals surface area contributed by atoms with Gasteiger partial charge in [0.1, 0.15) is 0 Å². The van der Waals surface area contributed by atoms with E-state index in [2.05, 4.69) is 30.7 Å². The predicted molar refractivity (Wildman–Crippen MR) is 64.0 cm³/mol. The Labute approximate surface area is 94.1 Å².